The minimum Gasteiger partial charge on any atom is -0.464 e. The van der Waals surface area contributed by atoms with Crippen LogP contribution >= 0.6 is 11.3 Å². The Hall–Kier alpha value is -1.47. The largest absolute Gasteiger partial charge is 0.464 e. The van der Waals surface area contributed by atoms with Crippen LogP contribution in [0.4, 0.5) is 5.13 Å². The number of carbonyl (C=O) groups excluding carboxylic acids is 2. The van der Waals surface area contributed by atoms with E-state index in [2.05, 4.69) is 9.72 Å². The van der Waals surface area contributed by atoms with Crippen molar-refractivity contribution in [1.82, 2.24) is 4.98 Å². The van der Waals surface area contributed by atoms with Gasteiger partial charge >= 0.3 is 5.97 Å². The third kappa shape index (κ3) is 4.25. The van der Waals surface area contributed by atoms with Crippen LogP contribution in [0, 0.1) is 5.92 Å². The number of methoxy groups -OCH3 is 1. The highest BCUT2D eigenvalue weighted by Gasteiger charge is 2.23. The molecule has 2 rings (SSSR count). The lowest BCUT2D eigenvalue weighted by Gasteiger charge is -2.15. The number of thiazole rings is 1. The van der Waals surface area contributed by atoms with Crippen molar-refractivity contribution >= 4 is 28.2 Å². The van der Waals surface area contributed by atoms with Crippen molar-refractivity contribution in [2.75, 3.05) is 38.8 Å². The van der Waals surface area contributed by atoms with Crippen molar-refractivity contribution in [2.24, 2.45) is 5.92 Å². The Bertz CT molecular complexity index is 525. The van der Waals surface area contributed by atoms with Gasteiger partial charge in [0.2, 0.25) is 0 Å². The van der Waals surface area contributed by atoms with E-state index in [4.69, 9.17) is 4.74 Å². The Morgan fingerprint density at radius 2 is 2.14 bits per heavy atom. The zero-order chi connectivity index (χ0) is 15.4. The fourth-order valence-electron chi connectivity index (χ4n) is 1.78. The van der Waals surface area contributed by atoms with Gasteiger partial charge in [-0.1, -0.05) is 11.3 Å². The van der Waals surface area contributed by atoms with Gasteiger partial charge in [-0.05, 0) is 18.8 Å². The Kier molecular flexibility index (Phi) is 5.30. The molecular formula is C14H20N2O4S. The van der Waals surface area contributed by atoms with Crippen LogP contribution in [0.1, 0.15) is 39.9 Å². The van der Waals surface area contributed by atoms with E-state index in [0.29, 0.717) is 23.2 Å². The van der Waals surface area contributed by atoms with E-state index in [1.54, 1.807) is 0 Å². The van der Waals surface area contributed by atoms with Crippen LogP contribution in [0.3, 0.4) is 0 Å². The van der Waals surface area contributed by atoms with E-state index < -0.39 is 5.97 Å². The molecule has 21 heavy (non-hydrogen) atoms. The standard InChI is InChI=1S/C14H20N2O4S/c1-9(17)12-11(13(18)19-3)15-14(21-12)16(2)6-7-20-8-10-4-5-10/h10H,4-8H2,1-3H3. The number of aromatic nitrogens is 1. The molecule has 0 N–H and O–H groups in total. The second-order valence-corrected chi connectivity index (χ2v) is 6.14. The van der Waals surface area contributed by atoms with E-state index in [-0.39, 0.29) is 11.5 Å². The highest BCUT2D eigenvalue weighted by Crippen LogP contribution is 2.29. The first-order valence-electron chi connectivity index (χ1n) is 6.92. The third-order valence-corrected chi connectivity index (χ3v) is 4.53. The number of ketones is 1. The summed E-state index contributed by atoms with van der Waals surface area (Å²) >= 11 is 1.20. The molecule has 0 spiro atoms. The summed E-state index contributed by atoms with van der Waals surface area (Å²) < 4.78 is 10.2. The SMILES string of the molecule is COC(=O)c1nc(N(C)CCOCC2CC2)sc1C(C)=O. The zero-order valence-electron chi connectivity index (χ0n) is 12.5. The highest BCUT2D eigenvalue weighted by molar-refractivity contribution is 7.17. The number of esters is 1. The molecule has 0 unspecified atom stereocenters. The number of anilines is 1. The molecule has 1 aromatic rings. The van der Waals surface area contributed by atoms with Gasteiger partial charge < -0.3 is 14.4 Å². The van der Waals surface area contributed by atoms with Gasteiger partial charge in [0.25, 0.3) is 0 Å². The lowest BCUT2D eigenvalue weighted by Crippen LogP contribution is -2.23. The van der Waals surface area contributed by atoms with E-state index in [0.717, 1.165) is 12.5 Å². The monoisotopic (exact) mass is 312 g/mol. The molecule has 0 radical (unpaired) electrons. The second-order valence-electron chi connectivity index (χ2n) is 5.16. The smallest absolute Gasteiger partial charge is 0.358 e. The molecule has 0 amide bonds. The van der Waals surface area contributed by atoms with Gasteiger partial charge in [-0.3, -0.25) is 4.79 Å². The Morgan fingerprint density at radius 1 is 1.43 bits per heavy atom. The molecule has 0 aliphatic heterocycles. The molecule has 1 saturated carbocycles. The second kappa shape index (κ2) is 7.00. The van der Waals surface area contributed by atoms with Gasteiger partial charge in [-0.15, -0.1) is 0 Å². The van der Waals surface area contributed by atoms with Crippen molar-refractivity contribution in [3.05, 3.63) is 10.6 Å². The van der Waals surface area contributed by atoms with Crippen LogP contribution in [0.25, 0.3) is 0 Å². The van der Waals surface area contributed by atoms with Gasteiger partial charge in [-0.2, -0.15) is 0 Å². The van der Waals surface area contributed by atoms with Gasteiger partial charge in [-0.25, -0.2) is 9.78 Å². The molecule has 6 nitrogen and oxygen atoms in total. The molecule has 1 aliphatic rings. The first-order valence-corrected chi connectivity index (χ1v) is 7.73. The minimum atomic E-state index is -0.582. The number of hydrogen-bond acceptors (Lipinski definition) is 7. The van der Waals surface area contributed by atoms with Crippen molar-refractivity contribution in [3.63, 3.8) is 0 Å². The summed E-state index contributed by atoms with van der Waals surface area (Å²) in [6.45, 7) is 3.51. The predicted molar refractivity (Wildman–Crippen MR) is 80.3 cm³/mol. The molecule has 1 aromatic heterocycles. The Labute approximate surface area is 128 Å². The lowest BCUT2D eigenvalue weighted by atomic mass is 10.3. The fourth-order valence-corrected chi connectivity index (χ4v) is 2.71. The maximum atomic E-state index is 11.6. The molecular weight excluding hydrogens is 292 g/mol. The maximum absolute atomic E-state index is 11.6. The normalized spacial score (nSPS) is 14.0. The number of nitrogens with zero attached hydrogens (tertiary/aromatic N) is 2. The van der Waals surface area contributed by atoms with E-state index in [9.17, 15) is 9.59 Å². The summed E-state index contributed by atoms with van der Waals surface area (Å²) in [6.07, 6.45) is 2.54. The van der Waals surface area contributed by atoms with Gasteiger partial charge in [0.05, 0.1) is 13.7 Å². The molecule has 1 heterocycles. The van der Waals surface area contributed by atoms with E-state index >= 15 is 0 Å². The molecule has 0 aromatic carbocycles. The summed E-state index contributed by atoms with van der Waals surface area (Å²) in [4.78, 5) is 29.7. The number of rotatable bonds is 8. The van der Waals surface area contributed by atoms with Crippen molar-refractivity contribution in [2.45, 2.75) is 19.8 Å². The van der Waals surface area contributed by atoms with E-state index in [1.165, 1.54) is 38.2 Å². The lowest BCUT2D eigenvalue weighted by molar-refractivity contribution is 0.0591. The van der Waals surface area contributed by atoms with Crippen LogP contribution in [-0.2, 0) is 9.47 Å². The third-order valence-electron chi connectivity index (χ3n) is 3.26. The predicted octanol–water partition coefficient (Wildman–Crippen LogP) is 2.00. The summed E-state index contributed by atoms with van der Waals surface area (Å²) in [5.74, 6) is -0.0240. The van der Waals surface area contributed by atoms with Gasteiger partial charge in [0.1, 0.15) is 4.88 Å². The van der Waals surface area contributed by atoms with Crippen LogP contribution in [0.15, 0.2) is 0 Å². The molecule has 0 saturated heterocycles. The molecule has 116 valence electrons. The van der Waals surface area contributed by atoms with Crippen molar-refractivity contribution in [1.29, 1.82) is 0 Å². The number of likely N-dealkylation sites (N-methyl/N-ethyl adjacent to an activating group) is 1. The Morgan fingerprint density at radius 3 is 2.71 bits per heavy atom. The quantitative estimate of drug-likeness (QED) is 0.415. The first kappa shape index (κ1) is 15.9. The fraction of sp³-hybridized carbons (Fsp3) is 0.643. The van der Waals surface area contributed by atoms with Crippen LogP contribution in [0.5, 0.6) is 0 Å². The number of Topliss-reactive ketones (excluding diaryl/α,β-unsaturated/α-hetero) is 1. The first-order chi connectivity index (χ1) is 10.0. The summed E-state index contributed by atoms with van der Waals surface area (Å²) in [7, 11) is 3.14. The molecule has 1 fully saturated rings. The molecule has 1 aliphatic carbocycles. The molecule has 0 bridgehead atoms. The van der Waals surface area contributed by atoms with Crippen LogP contribution in [0.2, 0.25) is 0 Å². The molecule has 7 heteroatoms. The van der Waals surface area contributed by atoms with Crippen molar-refractivity contribution in [3.8, 4) is 0 Å². The summed E-state index contributed by atoms with van der Waals surface area (Å²) in [5, 5.41) is 0.621. The highest BCUT2D eigenvalue weighted by atomic mass is 32.1. The Balaban J connectivity index is 1.97. The van der Waals surface area contributed by atoms with Gasteiger partial charge in [0, 0.05) is 27.1 Å². The van der Waals surface area contributed by atoms with E-state index in [1.807, 2.05) is 11.9 Å². The average Bonchev–Trinajstić information content (AvgIpc) is 3.17. The summed E-state index contributed by atoms with van der Waals surface area (Å²) in [5.41, 5.74) is 0.0933. The number of carbonyl (C=O) groups is 2. The van der Waals surface area contributed by atoms with Gasteiger partial charge in [0.15, 0.2) is 16.6 Å². The number of ether oxygens (including phenoxy) is 2. The minimum absolute atomic E-state index is 0.0933. The molecule has 0 atom stereocenters. The van der Waals surface area contributed by atoms with Crippen LogP contribution in [-0.4, -0.2) is 50.7 Å². The zero-order valence-corrected chi connectivity index (χ0v) is 13.4. The topological polar surface area (TPSA) is 68.7 Å². The van der Waals surface area contributed by atoms with Crippen molar-refractivity contribution < 1.29 is 19.1 Å². The number of hydrogen-bond donors (Lipinski definition) is 0. The van der Waals surface area contributed by atoms with Crippen LogP contribution < -0.4 is 4.90 Å². The summed E-state index contributed by atoms with van der Waals surface area (Å²) in [6, 6.07) is 0. The maximum Gasteiger partial charge on any atom is 0.358 e. The average molecular weight is 312 g/mol.